The van der Waals surface area contributed by atoms with E-state index in [4.69, 9.17) is 0 Å². The van der Waals surface area contributed by atoms with Gasteiger partial charge in [-0.25, -0.2) is 0 Å². The SMILES string of the molecule is CCCCCCCCCCN([SiH3])CCCCCCCCCC. The minimum Gasteiger partial charge on any atom is -0.332 e. The van der Waals surface area contributed by atoms with Crippen molar-refractivity contribution < 1.29 is 0 Å². The zero-order valence-corrected chi connectivity index (χ0v) is 18.2. The largest absolute Gasteiger partial charge is 0.332 e. The van der Waals surface area contributed by atoms with Gasteiger partial charge >= 0.3 is 0 Å². The van der Waals surface area contributed by atoms with Gasteiger partial charge in [-0.1, -0.05) is 104 Å². The van der Waals surface area contributed by atoms with Crippen molar-refractivity contribution in [2.75, 3.05) is 13.1 Å². The highest BCUT2D eigenvalue weighted by atomic mass is 28.2. The number of nitrogens with zero attached hydrogens (tertiary/aromatic N) is 1. The van der Waals surface area contributed by atoms with E-state index in [9.17, 15) is 0 Å². The van der Waals surface area contributed by atoms with Gasteiger partial charge in [0.2, 0.25) is 0 Å². The summed E-state index contributed by atoms with van der Waals surface area (Å²) >= 11 is 0. The molecule has 0 amide bonds. The van der Waals surface area contributed by atoms with Gasteiger partial charge in [0.25, 0.3) is 0 Å². The zero-order chi connectivity index (χ0) is 16.3. The summed E-state index contributed by atoms with van der Waals surface area (Å²) in [5.74, 6) is 0. The van der Waals surface area contributed by atoms with Crippen LogP contribution in [0.15, 0.2) is 0 Å². The predicted molar refractivity (Wildman–Crippen MR) is 107 cm³/mol. The Bertz CT molecular complexity index is 176. The van der Waals surface area contributed by atoms with Gasteiger partial charge in [0.1, 0.15) is 0 Å². The molecule has 0 atom stereocenters. The van der Waals surface area contributed by atoms with E-state index in [-0.39, 0.29) is 0 Å². The Kier molecular flexibility index (Phi) is 19.4. The Morgan fingerprint density at radius 1 is 0.455 bits per heavy atom. The van der Waals surface area contributed by atoms with Crippen LogP contribution in [0.2, 0.25) is 0 Å². The van der Waals surface area contributed by atoms with Gasteiger partial charge in [0.15, 0.2) is 0 Å². The van der Waals surface area contributed by atoms with Crippen LogP contribution in [0.4, 0.5) is 0 Å². The Morgan fingerprint density at radius 3 is 1.05 bits per heavy atom. The Morgan fingerprint density at radius 2 is 0.727 bits per heavy atom. The van der Waals surface area contributed by atoms with E-state index in [1.165, 1.54) is 126 Å². The van der Waals surface area contributed by atoms with Crippen molar-refractivity contribution in [3.63, 3.8) is 0 Å². The average molecular weight is 328 g/mol. The third kappa shape index (κ3) is 18.2. The summed E-state index contributed by atoms with van der Waals surface area (Å²) in [5.41, 5.74) is 0. The summed E-state index contributed by atoms with van der Waals surface area (Å²) in [6.07, 6.45) is 23.2. The van der Waals surface area contributed by atoms with Crippen LogP contribution in [0.1, 0.15) is 117 Å². The van der Waals surface area contributed by atoms with Crippen LogP contribution in [0, 0.1) is 0 Å². The van der Waals surface area contributed by atoms with Gasteiger partial charge in [-0.2, -0.15) is 0 Å². The molecule has 0 aliphatic rings. The molecule has 0 spiro atoms. The zero-order valence-electron chi connectivity index (χ0n) is 16.2. The Labute approximate surface area is 145 Å². The van der Waals surface area contributed by atoms with Gasteiger partial charge in [-0.3, -0.25) is 0 Å². The summed E-state index contributed by atoms with van der Waals surface area (Å²) in [6, 6.07) is 0. The first-order valence-electron chi connectivity index (χ1n) is 10.5. The molecule has 0 bridgehead atoms. The first-order chi connectivity index (χ1) is 10.8. The highest BCUT2D eigenvalue weighted by Crippen LogP contribution is 2.10. The van der Waals surface area contributed by atoms with E-state index < -0.39 is 0 Å². The third-order valence-corrected chi connectivity index (χ3v) is 5.68. The van der Waals surface area contributed by atoms with Crippen molar-refractivity contribution in [3.05, 3.63) is 0 Å². The smallest absolute Gasteiger partial charge is 0.0784 e. The maximum atomic E-state index is 2.69. The van der Waals surface area contributed by atoms with Gasteiger partial charge in [0, 0.05) is 0 Å². The highest BCUT2D eigenvalue weighted by molar-refractivity contribution is 6.04. The molecule has 0 saturated heterocycles. The van der Waals surface area contributed by atoms with Crippen LogP contribution >= 0.6 is 0 Å². The maximum Gasteiger partial charge on any atom is 0.0784 e. The molecule has 0 aliphatic heterocycles. The third-order valence-electron chi connectivity index (χ3n) is 4.79. The molecule has 1 nitrogen and oxygen atoms in total. The number of hydrogen-bond acceptors (Lipinski definition) is 1. The summed E-state index contributed by atoms with van der Waals surface area (Å²) in [4.78, 5) is 0. The van der Waals surface area contributed by atoms with E-state index in [0.29, 0.717) is 0 Å². The van der Waals surface area contributed by atoms with Crippen molar-refractivity contribution in [2.24, 2.45) is 0 Å². The quantitative estimate of drug-likeness (QED) is 0.225. The average Bonchev–Trinajstić information content (AvgIpc) is 2.52. The van der Waals surface area contributed by atoms with E-state index >= 15 is 0 Å². The molecule has 0 saturated carbocycles. The van der Waals surface area contributed by atoms with Gasteiger partial charge in [0.05, 0.1) is 10.4 Å². The molecule has 0 unspecified atom stereocenters. The molecule has 0 rings (SSSR count). The monoisotopic (exact) mass is 327 g/mol. The minimum atomic E-state index is 1.26. The molecule has 0 fully saturated rings. The molecular formula is C20H45NSi. The molecule has 0 radical (unpaired) electrons. The van der Waals surface area contributed by atoms with Crippen LogP contribution in [-0.2, 0) is 0 Å². The van der Waals surface area contributed by atoms with Crippen LogP contribution in [0.5, 0.6) is 0 Å². The fourth-order valence-corrected chi connectivity index (χ4v) is 3.78. The van der Waals surface area contributed by atoms with Gasteiger partial charge in [-0.05, 0) is 25.9 Å². The summed E-state index contributed by atoms with van der Waals surface area (Å²) in [7, 11) is 1.26. The second kappa shape index (κ2) is 19.2. The van der Waals surface area contributed by atoms with E-state index in [0.717, 1.165) is 0 Å². The summed E-state index contributed by atoms with van der Waals surface area (Å²) < 4.78 is 2.69. The molecule has 0 N–H and O–H groups in total. The molecule has 0 aromatic rings. The Balaban J connectivity index is 3.11. The van der Waals surface area contributed by atoms with Crippen LogP contribution in [-0.4, -0.2) is 28.1 Å². The number of unbranched alkanes of at least 4 members (excludes halogenated alkanes) is 14. The van der Waals surface area contributed by atoms with Crippen LogP contribution < -0.4 is 0 Å². The first kappa shape index (κ1) is 22.2. The lowest BCUT2D eigenvalue weighted by atomic mass is 10.1. The summed E-state index contributed by atoms with van der Waals surface area (Å²) in [5, 5.41) is 0. The van der Waals surface area contributed by atoms with Crippen molar-refractivity contribution >= 4 is 10.4 Å². The molecule has 0 aromatic carbocycles. The number of rotatable bonds is 18. The summed E-state index contributed by atoms with van der Waals surface area (Å²) in [6.45, 7) is 7.34. The molecule has 0 heterocycles. The van der Waals surface area contributed by atoms with E-state index in [2.05, 4.69) is 18.4 Å². The molecule has 134 valence electrons. The van der Waals surface area contributed by atoms with Crippen molar-refractivity contribution in [3.8, 4) is 0 Å². The van der Waals surface area contributed by atoms with Crippen molar-refractivity contribution in [2.45, 2.75) is 117 Å². The first-order valence-corrected chi connectivity index (χ1v) is 11.4. The standard InChI is InChI=1S/C20H45NSi/c1-3-5-7-9-11-13-15-17-19-21(22)20-18-16-14-12-10-8-6-4-2/h3-20H2,1-2,22H3. The fourth-order valence-electron chi connectivity index (χ4n) is 3.14. The Hall–Kier alpha value is 0.177. The van der Waals surface area contributed by atoms with Crippen LogP contribution in [0.3, 0.4) is 0 Å². The normalized spacial score (nSPS) is 11.6. The topological polar surface area (TPSA) is 3.24 Å². The second-order valence-electron chi connectivity index (χ2n) is 7.25. The van der Waals surface area contributed by atoms with Gasteiger partial charge in [-0.15, -0.1) is 0 Å². The van der Waals surface area contributed by atoms with E-state index in [1.54, 1.807) is 0 Å². The second-order valence-corrected chi connectivity index (χ2v) is 8.52. The number of hydrogen-bond donors (Lipinski definition) is 0. The van der Waals surface area contributed by atoms with Crippen molar-refractivity contribution in [1.82, 2.24) is 4.57 Å². The minimum absolute atomic E-state index is 1.26. The fraction of sp³-hybridized carbons (Fsp3) is 1.00. The molecule has 2 heteroatoms. The van der Waals surface area contributed by atoms with Crippen molar-refractivity contribution in [1.29, 1.82) is 0 Å². The maximum absolute atomic E-state index is 2.69. The molecular weight excluding hydrogens is 282 g/mol. The molecule has 0 aromatic heterocycles. The predicted octanol–water partition coefficient (Wildman–Crippen LogP) is 5.85. The van der Waals surface area contributed by atoms with Gasteiger partial charge < -0.3 is 4.57 Å². The van der Waals surface area contributed by atoms with E-state index in [1.807, 2.05) is 0 Å². The molecule has 22 heavy (non-hydrogen) atoms. The lowest BCUT2D eigenvalue weighted by molar-refractivity contribution is 0.410. The lowest BCUT2D eigenvalue weighted by Gasteiger charge is -2.16. The highest BCUT2D eigenvalue weighted by Gasteiger charge is 1.98. The van der Waals surface area contributed by atoms with Crippen LogP contribution in [0.25, 0.3) is 0 Å². The lowest BCUT2D eigenvalue weighted by Crippen LogP contribution is -2.22. The molecule has 0 aliphatic carbocycles.